The van der Waals surface area contributed by atoms with E-state index in [2.05, 4.69) is 33.3 Å². The molecule has 0 aliphatic heterocycles. The quantitative estimate of drug-likeness (QED) is 0.904. The van der Waals surface area contributed by atoms with Gasteiger partial charge in [0.2, 0.25) is 0 Å². The Morgan fingerprint density at radius 2 is 2.24 bits per heavy atom. The maximum absolute atomic E-state index is 13.8. The Labute approximate surface area is 130 Å². The third kappa shape index (κ3) is 3.00. The number of carbonyl (C=O) groups excluding carboxylic acids is 1. The first-order chi connectivity index (χ1) is 10.1. The summed E-state index contributed by atoms with van der Waals surface area (Å²) in [5, 5.41) is 7.00. The number of nitrogens with one attached hydrogen (secondary N) is 1. The first-order valence-corrected chi connectivity index (χ1v) is 7.65. The van der Waals surface area contributed by atoms with Crippen LogP contribution in [0.5, 0.6) is 0 Å². The minimum absolute atomic E-state index is 0.0185. The lowest BCUT2D eigenvalue weighted by atomic mass is 10.2. The summed E-state index contributed by atoms with van der Waals surface area (Å²) < 4.78 is 16.2. The molecule has 3 rings (SSSR count). The molecule has 0 bridgehead atoms. The van der Waals surface area contributed by atoms with Gasteiger partial charge in [-0.1, -0.05) is 15.9 Å². The Hall–Kier alpha value is -1.69. The third-order valence-electron chi connectivity index (χ3n) is 3.78. The summed E-state index contributed by atoms with van der Waals surface area (Å²) in [6.07, 6.45) is 4.03. The second-order valence-electron chi connectivity index (χ2n) is 5.32. The molecule has 4 nitrogen and oxygen atoms in total. The van der Waals surface area contributed by atoms with Crippen LogP contribution in [0.1, 0.15) is 36.2 Å². The van der Waals surface area contributed by atoms with Crippen LogP contribution >= 0.6 is 15.9 Å². The van der Waals surface area contributed by atoms with Gasteiger partial charge < -0.3 is 5.32 Å². The van der Waals surface area contributed by atoms with Crippen LogP contribution in [-0.4, -0.2) is 15.7 Å². The minimum Gasteiger partial charge on any atom is -0.307 e. The van der Waals surface area contributed by atoms with E-state index in [4.69, 9.17) is 0 Å². The molecule has 1 N–H and O–H groups in total. The van der Waals surface area contributed by atoms with Crippen molar-refractivity contribution >= 4 is 27.7 Å². The van der Waals surface area contributed by atoms with Crippen molar-refractivity contribution in [1.29, 1.82) is 0 Å². The summed E-state index contributed by atoms with van der Waals surface area (Å²) in [6, 6.07) is 6.35. The van der Waals surface area contributed by atoms with Gasteiger partial charge in [0.1, 0.15) is 11.6 Å². The molecule has 1 saturated carbocycles. The van der Waals surface area contributed by atoms with Crippen molar-refractivity contribution in [2.24, 2.45) is 5.92 Å². The molecule has 1 heterocycles. The Morgan fingerprint density at radius 1 is 1.48 bits per heavy atom. The average molecular weight is 352 g/mol. The molecule has 0 spiro atoms. The molecule has 6 heteroatoms. The van der Waals surface area contributed by atoms with Crippen LogP contribution in [0.25, 0.3) is 0 Å². The summed E-state index contributed by atoms with van der Waals surface area (Å²) in [6.45, 7) is 2.08. The van der Waals surface area contributed by atoms with E-state index in [1.165, 1.54) is 25.0 Å². The van der Waals surface area contributed by atoms with Gasteiger partial charge in [0.05, 0.1) is 17.8 Å². The van der Waals surface area contributed by atoms with E-state index in [9.17, 15) is 9.18 Å². The van der Waals surface area contributed by atoms with Crippen LogP contribution in [0.15, 0.2) is 34.9 Å². The normalized spacial score (nSPS) is 15.8. The van der Waals surface area contributed by atoms with Gasteiger partial charge in [-0.05, 0) is 43.9 Å². The van der Waals surface area contributed by atoms with E-state index in [0.717, 1.165) is 0 Å². The number of benzene rings is 1. The van der Waals surface area contributed by atoms with Crippen molar-refractivity contribution in [1.82, 2.24) is 9.78 Å². The molecule has 1 aromatic heterocycles. The molecule has 1 aliphatic rings. The molecule has 110 valence electrons. The molecule has 21 heavy (non-hydrogen) atoms. The first kappa shape index (κ1) is 14.3. The highest BCUT2D eigenvalue weighted by Crippen LogP contribution is 2.40. The zero-order valence-corrected chi connectivity index (χ0v) is 13.1. The van der Waals surface area contributed by atoms with Crippen LogP contribution in [0, 0.1) is 11.7 Å². The summed E-state index contributed by atoms with van der Waals surface area (Å²) in [4.78, 5) is 12.2. The summed E-state index contributed by atoms with van der Waals surface area (Å²) in [7, 11) is 0. The Kier molecular flexibility index (Phi) is 3.80. The maximum atomic E-state index is 13.8. The van der Waals surface area contributed by atoms with Gasteiger partial charge in [-0.2, -0.15) is 5.10 Å². The Morgan fingerprint density at radius 3 is 2.90 bits per heavy atom. The lowest BCUT2D eigenvalue weighted by molar-refractivity contribution is 0.102. The smallest absolute Gasteiger partial charge is 0.259 e. The summed E-state index contributed by atoms with van der Waals surface area (Å²) in [5.41, 5.74) is 0.0185. The van der Waals surface area contributed by atoms with Gasteiger partial charge in [0.15, 0.2) is 0 Å². The molecule has 1 amide bonds. The van der Waals surface area contributed by atoms with Gasteiger partial charge in [0.25, 0.3) is 5.91 Å². The van der Waals surface area contributed by atoms with E-state index < -0.39 is 11.7 Å². The van der Waals surface area contributed by atoms with Crippen LogP contribution in [0.2, 0.25) is 0 Å². The minimum atomic E-state index is -0.553. The molecular formula is C15H15BrFN3O. The van der Waals surface area contributed by atoms with E-state index >= 15 is 0 Å². The van der Waals surface area contributed by atoms with E-state index in [1.807, 2.05) is 0 Å². The van der Waals surface area contributed by atoms with Crippen molar-refractivity contribution in [3.63, 3.8) is 0 Å². The standard InChI is InChI=1S/C15H15BrFN3O/c1-9(10-2-3-10)20-14(6-7-18-20)19-15(21)12-5-4-11(16)8-13(12)17/h4-10H,2-3H2,1H3,(H,19,21). The number of rotatable bonds is 4. The molecule has 2 aromatic rings. The number of aromatic nitrogens is 2. The summed E-state index contributed by atoms with van der Waals surface area (Å²) in [5.74, 6) is 0.194. The highest BCUT2D eigenvalue weighted by atomic mass is 79.9. The number of carbonyl (C=O) groups is 1. The fourth-order valence-electron chi connectivity index (χ4n) is 2.37. The number of amides is 1. The van der Waals surface area contributed by atoms with Crippen molar-refractivity contribution in [3.8, 4) is 0 Å². The fourth-order valence-corrected chi connectivity index (χ4v) is 2.71. The number of hydrogen-bond donors (Lipinski definition) is 1. The van der Waals surface area contributed by atoms with Crippen LogP contribution in [0.3, 0.4) is 0 Å². The van der Waals surface area contributed by atoms with Crippen molar-refractivity contribution in [2.45, 2.75) is 25.8 Å². The predicted molar refractivity (Wildman–Crippen MR) is 81.7 cm³/mol. The maximum Gasteiger partial charge on any atom is 0.259 e. The van der Waals surface area contributed by atoms with E-state index in [0.29, 0.717) is 16.2 Å². The predicted octanol–water partition coefficient (Wildman–Crippen LogP) is 4.01. The zero-order chi connectivity index (χ0) is 15.0. The molecule has 1 aromatic carbocycles. The van der Waals surface area contributed by atoms with Crippen LogP contribution in [-0.2, 0) is 0 Å². The third-order valence-corrected chi connectivity index (χ3v) is 4.27. The monoisotopic (exact) mass is 351 g/mol. The van der Waals surface area contributed by atoms with Gasteiger partial charge >= 0.3 is 0 Å². The highest BCUT2D eigenvalue weighted by molar-refractivity contribution is 9.10. The number of hydrogen-bond acceptors (Lipinski definition) is 2. The molecule has 0 radical (unpaired) electrons. The largest absolute Gasteiger partial charge is 0.307 e. The zero-order valence-electron chi connectivity index (χ0n) is 11.5. The fraction of sp³-hybridized carbons (Fsp3) is 0.333. The lowest BCUT2D eigenvalue weighted by Gasteiger charge is -2.15. The SMILES string of the molecule is CC(C1CC1)n1nccc1NC(=O)c1ccc(Br)cc1F. The number of halogens is 2. The number of anilines is 1. The Bertz CT molecular complexity index is 681. The molecule has 1 atom stereocenters. The van der Waals surface area contributed by atoms with Crippen molar-refractivity contribution in [2.75, 3.05) is 5.32 Å². The van der Waals surface area contributed by atoms with Gasteiger partial charge in [-0.3, -0.25) is 4.79 Å². The molecule has 1 aliphatic carbocycles. The highest BCUT2D eigenvalue weighted by Gasteiger charge is 2.30. The molecule has 1 unspecified atom stereocenters. The second-order valence-corrected chi connectivity index (χ2v) is 6.23. The number of nitrogens with zero attached hydrogens (tertiary/aromatic N) is 2. The van der Waals surface area contributed by atoms with E-state index in [1.54, 1.807) is 23.0 Å². The lowest BCUT2D eigenvalue weighted by Crippen LogP contribution is -2.19. The van der Waals surface area contributed by atoms with Crippen LogP contribution < -0.4 is 5.32 Å². The molecular weight excluding hydrogens is 337 g/mol. The van der Waals surface area contributed by atoms with Crippen LogP contribution in [0.4, 0.5) is 10.2 Å². The average Bonchev–Trinajstić information content (AvgIpc) is 3.18. The van der Waals surface area contributed by atoms with Gasteiger partial charge in [0, 0.05) is 10.5 Å². The first-order valence-electron chi connectivity index (χ1n) is 6.86. The van der Waals surface area contributed by atoms with Gasteiger partial charge in [-0.25, -0.2) is 9.07 Å². The second kappa shape index (κ2) is 5.60. The molecule has 1 fully saturated rings. The van der Waals surface area contributed by atoms with Crippen molar-refractivity contribution in [3.05, 3.63) is 46.3 Å². The topological polar surface area (TPSA) is 46.9 Å². The van der Waals surface area contributed by atoms with Gasteiger partial charge in [-0.15, -0.1) is 0 Å². The van der Waals surface area contributed by atoms with E-state index in [-0.39, 0.29) is 11.6 Å². The summed E-state index contributed by atoms with van der Waals surface area (Å²) >= 11 is 3.17. The molecule has 0 saturated heterocycles. The Balaban J connectivity index is 1.80. The van der Waals surface area contributed by atoms with Crippen molar-refractivity contribution < 1.29 is 9.18 Å².